The van der Waals surface area contributed by atoms with Crippen LogP contribution in [0.3, 0.4) is 0 Å². The van der Waals surface area contributed by atoms with Crippen molar-refractivity contribution in [3.05, 3.63) is 59.0 Å². The van der Waals surface area contributed by atoms with E-state index >= 15 is 0 Å². The molecule has 1 saturated heterocycles. The second-order valence-electron chi connectivity index (χ2n) is 6.51. The molecule has 1 aliphatic heterocycles. The van der Waals surface area contributed by atoms with Gasteiger partial charge in [0.05, 0.1) is 11.1 Å². The van der Waals surface area contributed by atoms with Crippen LogP contribution in [0.15, 0.2) is 36.5 Å². The normalized spacial score (nSPS) is 17.3. The molecule has 1 atom stereocenters. The minimum absolute atomic E-state index is 0. The summed E-state index contributed by atoms with van der Waals surface area (Å²) >= 11 is 0. The number of nitrogens with one attached hydrogen (secondary N) is 1. The van der Waals surface area contributed by atoms with Crippen LogP contribution in [0.1, 0.15) is 23.1 Å². The third-order valence-corrected chi connectivity index (χ3v) is 4.55. The first-order chi connectivity index (χ1) is 13.0. The Morgan fingerprint density at radius 2 is 1.76 bits per heavy atom. The van der Waals surface area contributed by atoms with E-state index in [4.69, 9.17) is 0 Å². The van der Waals surface area contributed by atoms with Crippen LogP contribution < -0.4 is 10.2 Å². The monoisotopic (exact) mass is 443 g/mol. The Morgan fingerprint density at radius 1 is 1.03 bits per heavy atom. The summed E-state index contributed by atoms with van der Waals surface area (Å²) in [7, 11) is 0. The van der Waals surface area contributed by atoms with Crippen LogP contribution in [-0.4, -0.2) is 24.1 Å². The Labute approximate surface area is 168 Å². The summed E-state index contributed by atoms with van der Waals surface area (Å²) in [6.45, 7) is 0.792. The molecule has 2 aromatic rings. The molecule has 0 spiro atoms. The fourth-order valence-electron chi connectivity index (χ4n) is 3.10. The van der Waals surface area contributed by atoms with E-state index in [1.165, 1.54) is 6.07 Å². The van der Waals surface area contributed by atoms with Gasteiger partial charge in [-0.2, -0.15) is 26.3 Å². The van der Waals surface area contributed by atoms with Crippen LogP contribution in [0.2, 0.25) is 0 Å². The molecule has 0 aliphatic carbocycles. The van der Waals surface area contributed by atoms with E-state index in [1.807, 2.05) is 0 Å². The zero-order valence-corrected chi connectivity index (χ0v) is 15.6. The molecular formula is C18H17ClF7N3. The molecule has 3 rings (SSSR count). The van der Waals surface area contributed by atoms with Gasteiger partial charge in [-0.1, -0.05) is 6.07 Å². The predicted molar refractivity (Wildman–Crippen MR) is 95.3 cm³/mol. The van der Waals surface area contributed by atoms with Gasteiger partial charge in [-0.3, -0.25) is 0 Å². The quantitative estimate of drug-likeness (QED) is 0.670. The maximum atomic E-state index is 13.2. The van der Waals surface area contributed by atoms with E-state index in [1.54, 1.807) is 4.90 Å². The van der Waals surface area contributed by atoms with E-state index in [0.29, 0.717) is 31.4 Å². The van der Waals surface area contributed by atoms with Gasteiger partial charge in [0.1, 0.15) is 11.6 Å². The summed E-state index contributed by atoms with van der Waals surface area (Å²) in [4.78, 5) is 5.58. The van der Waals surface area contributed by atoms with Crippen molar-refractivity contribution in [2.45, 2.75) is 31.4 Å². The lowest BCUT2D eigenvalue weighted by Gasteiger charge is -2.19. The van der Waals surface area contributed by atoms with Crippen molar-refractivity contribution >= 4 is 18.2 Å². The second kappa shape index (κ2) is 8.74. The van der Waals surface area contributed by atoms with Gasteiger partial charge in [0, 0.05) is 31.9 Å². The molecule has 160 valence electrons. The Kier molecular flexibility index (Phi) is 7.00. The first kappa shape index (κ1) is 23.2. The summed E-state index contributed by atoms with van der Waals surface area (Å²) in [5.74, 6) is -0.591. The van der Waals surface area contributed by atoms with Gasteiger partial charge in [-0.05, 0) is 36.2 Å². The Morgan fingerprint density at radius 3 is 2.34 bits per heavy atom. The first-order valence-electron chi connectivity index (χ1n) is 8.41. The van der Waals surface area contributed by atoms with Crippen LogP contribution in [0.4, 0.5) is 36.6 Å². The summed E-state index contributed by atoms with van der Waals surface area (Å²) in [6, 6.07) is 4.57. The highest BCUT2D eigenvalue weighted by molar-refractivity contribution is 5.85. The van der Waals surface area contributed by atoms with E-state index in [0.717, 1.165) is 24.4 Å². The van der Waals surface area contributed by atoms with E-state index in [9.17, 15) is 30.7 Å². The molecule has 2 heterocycles. The largest absolute Gasteiger partial charge is 0.417 e. The average molecular weight is 444 g/mol. The molecule has 0 radical (unpaired) electrons. The minimum Gasteiger partial charge on any atom is -0.355 e. The summed E-state index contributed by atoms with van der Waals surface area (Å²) < 4.78 is 90.1. The summed E-state index contributed by atoms with van der Waals surface area (Å²) in [6.07, 6.45) is -7.79. The Bertz CT molecular complexity index is 822. The second-order valence-corrected chi connectivity index (χ2v) is 6.51. The average Bonchev–Trinajstić information content (AvgIpc) is 3.08. The van der Waals surface area contributed by atoms with Crippen LogP contribution in [0, 0.1) is 5.82 Å². The number of hydrogen-bond donors (Lipinski definition) is 1. The minimum atomic E-state index is -4.66. The zero-order chi connectivity index (χ0) is 20.5. The third kappa shape index (κ3) is 5.72. The number of benzene rings is 1. The molecule has 29 heavy (non-hydrogen) atoms. The zero-order valence-electron chi connectivity index (χ0n) is 14.8. The maximum absolute atomic E-state index is 13.2. The van der Waals surface area contributed by atoms with Gasteiger partial charge < -0.3 is 10.2 Å². The van der Waals surface area contributed by atoms with Gasteiger partial charge >= 0.3 is 12.4 Å². The number of hydrogen-bond acceptors (Lipinski definition) is 3. The Balaban J connectivity index is 0.00000300. The highest BCUT2D eigenvalue weighted by Gasteiger charge is 2.34. The SMILES string of the molecule is Cl.Fc1ccc(CNC2CCN(c3ccc(C(F)(F)F)cn3)C2)c(C(F)(F)F)c1. The van der Waals surface area contributed by atoms with Crippen LogP contribution in [0.25, 0.3) is 0 Å². The number of aromatic nitrogens is 1. The lowest BCUT2D eigenvalue weighted by Crippen LogP contribution is -2.33. The smallest absolute Gasteiger partial charge is 0.355 e. The number of alkyl halides is 6. The first-order valence-corrected chi connectivity index (χ1v) is 8.41. The maximum Gasteiger partial charge on any atom is 0.417 e. The van der Waals surface area contributed by atoms with Gasteiger partial charge in [-0.25, -0.2) is 9.37 Å². The fraction of sp³-hybridized carbons (Fsp3) is 0.389. The fourth-order valence-corrected chi connectivity index (χ4v) is 3.10. The molecule has 0 amide bonds. The van der Waals surface area contributed by atoms with Gasteiger partial charge in [0.2, 0.25) is 0 Å². The molecule has 0 bridgehead atoms. The molecule has 1 fully saturated rings. The molecule has 11 heteroatoms. The molecule has 3 nitrogen and oxygen atoms in total. The van der Waals surface area contributed by atoms with Crippen LogP contribution in [-0.2, 0) is 18.9 Å². The highest BCUT2D eigenvalue weighted by atomic mass is 35.5. The number of pyridine rings is 1. The van der Waals surface area contributed by atoms with Gasteiger partial charge in [-0.15, -0.1) is 12.4 Å². The van der Waals surface area contributed by atoms with Crippen LogP contribution in [0.5, 0.6) is 0 Å². The van der Waals surface area contributed by atoms with E-state index < -0.39 is 29.3 Å². The van der Waals surface area contributed by atoms with Crippen molar-refractivity contribution in [2.75, 3.05) is 18.0 Å². The van der Waals surface area contributed by atoms with Gasteiger partial charge in [0.15, 0.2) is 0 Å². The third-order valence-electron chi connectivity index (χ3n) is 4.55. The molecular weight excluding hydrogens is 427 g/mol. The molecule has 1 unspecified atom stereocenters. The van der Waals surface area contributed by atoms with Crippen molar-refractivity contribution in [3.8, 4) is 0 Å². The topological polar surface area (TPSA) is 28.2 Å². The predicted octanol–water partition coefficient (Wildman–Crippen LogP) is 5.05. The molecule has 0 saturated carbocycles. The molecule has 1 aromatic carbocycles. The summed E-state index contributed by atoms with van der Waals surface area (Å²) in [5.41, 5.74) is -1.94. The van der Waals surface area contributed by atoms with Crippen molar-refractivity contribution in [3.63, 3.8) is 0 Å². The van der Waals surface area contributed by atoms with E-state index in [-0.39, 0.29) is 30.6 Å². The Hall–Kier alpha value is -2.07. The van der Waals surface area contributed by atoms with Gasteiger partial charge in [0.25, 0.3) is 0 Å². The number of anilines is 1. The lowest BCUT2D eigenvalue weighted by atomic mass is 10.1. The number of nitrogens with zero attached hydrogens (tertiary/aromatic N) is 2. The highest BCUT2D eigenvalue weighted by Crippen LogP contribution is 2.33. The van der Waals surface area contributed by atoms with Crippen molar-refractivity contribution in [1.29, 1.82) is 0 Å². The van der Waals surface area contributed by atoms with E-state index in [2.05, 4.69) is 10.3 Å². The van der Waals surface area contributed by atoms with Crippen LogP contribution >= 0.6 is 12.4 Å². The standard InChI is InChI=1S/C18H16F7N3.ClH/c19-13-3-1-11(15(7-13)18(23,24)25)8-26-14-5-6-28(10-14)16-4-2-12(9-27-16)17(20,21)22;/h1-4,7,9,14,26H,5-6,8,10H2;1H. The van der Waals surface area contributed by atoms with Crippen molar-refractivity contribution in [2.24, 2.45) is 0 Å². The number of halogens is 8. The molecule has 1 aliphatic rings. The van der Waals surface area contributed by atoms with Crippen molar-refractivity contribution < 1.29 is 30.7 Å². The molecule has 1 aromatic heterocycles. The molecule has 1 N–H and O–H groups in total. The number of rotatable bonds is 4. The summed E-state index contributed by atoms with van der Waals surface area (Å²) in [5, 5.41) is 2.99. The van der Waals surface area contributed by atoms with Crippen molar-refractivity contribution in [1.82, 2.24) is 10.3 Å². The lowest BCUT2D eigenvalue weighted by molar-refractivity contribution is -0.139.